The average molecular weight is 365 g/mol. The fraction of sp³-hybridized carbons (Fsp3) is 0.600. The molecule has 0 heterocycles. The Morgan fingerprint density at radius 2 is 1.76 bits per heavy atom. The van der Waals surface area contributed by atoms with E-state index >= 15 is 0 Å². The summed E-state index contributed by atoms with van der Waals surface area (Å²) >= 11 is 0. The molecule has 4 nitrogen and oxygen atoms in total. The molecule has 0 saturated carbocycles. The van der Waals surface area contributed by atoms with Gasteiger partial charge in [-0.15, -0.1) is 0 Å². The fourth-order valence-electron chi connectivity index (χ4n) is 1.77. The van der Waals surface area contributed by atoms with E-state index in [2.05, 4.69) is 45.7 Å². The summed E-state index contributed by atoms with van der Waals surface area (Å²) in [6.07, 6.45) is -0.192. The Morgan fingerprint density at radius 1 is 1.12 bits per heavy atom. The van der Waals surface area contributed by atoms with Crippen molar-refractivity contribution in [2.24, 2.45) is 0 Å². The molecule has 1 N–H and O–H groups in total. The van der Waals surface area contributed by atoms with Gasteiger partial charge in [0.2, 0.25) is 0 Å². The number of methoxy groups -OCH3 is 1. The van der Waals surface area contributed by atoms with E-state index in [-0.39, 0.29) is 11.6 Å². The quantitative estimate of drug-likeness (QED) is 0.560. The summed E-state index contributed by atoms with van der Waals surface area (Å²) in [7, 11) is -0.107. The van der Waals surface area contributed by atoms with Gasteiger partial charge in [-0.2, -0.15) is 0 Å². The zero-order valence-electron chi connectivity index (χ0n) is 16.4. The second kappa shape index (κ2) is 9.98. The lowest BCUT2D eigenvalue weighted by Gasteiger charge is -2.35. The molecule has 0 aliphatic rings. The zero-order chi connectivity index (χ0) is 18.9. The van der Waals surface area contributed by atoms with Gasteiger partial charge in [-0.25, -0.2) is 0 Å². The molecule has 0 radical (unpaired) electrons. The van der Waals surface area contributed by atoms with Gasteiger partial charge in [-0.1, -0.05) is 44.7 Å². The van der Waals surface area contributed by atoms with Crippen LogP contribution in [0.5, 0.6) is 5.75 Å². The van der Waals surface area contributed by atoms with E-state index in [0.29, 0.717) is 19.6 Å². The molecule has 1 atom stereocenters. The summed E-state index contributed by atoms with van der Waals surface area (Å²) in [5.41, 5.74) is 1.04. The van der Waals surface area contributed by atoms with Crippen LogP contribution >= 0.6 is 0 Å². The molecule has 0 saturated heterocycles. The van der Waals surface area contributed by atoms with Crippen molar-refractivity contribution >= 4 is 8.32 Å². The van der Waals surface area contributed by atoms with Crippen LogP contribution in [0.1, 0.15) is 32.8 Å². The first-order valence-electron chi connectivity index (χ1n) is 8.64. The Balaban J connectivity index is 2.23. The van der Waals surface area contributed by atoms with Crippen LogP contribution < -0.4 is 4.74 Å². The smallest absolute Gasteiger partial charge is 0.193 e. The van der Waals surface area contributed by atoms with Gasteiger partial charge < -0.3 is 19.0 Å². The van der Waals surface area contributed by atoms with E-state index in [0.717, 1.165) is 11.3 Å². The molecule has 1 unspecified atom stereocenters. The molecule has 1 aromatic carbocycles. The summed E-state index contributed by atoms with van der Waals surface area (Å²) in [5.74, 6) is 6.79. The highest BCUT2D eigenvalue weighted by Gasteiger charge is 2.36. The molecule has 0 aliphatic heterocycles. The summed E-state index contributed by atoms with van der Waals surface area (Å²) in [6, 6.07) is 7.68. The Hall–Kier alpha value is -1.32. The average Bonchev–Trinajstić information content (AvgIpc) is 2.54. The SMILES string of the molecule is COc1ccc(COCC(O)CC#CCO[Si](C)(C)C(C)(C)C)cc1. The van der Waals surface area contributed by atoms with E-state index in [9.17, 15) is 5.11 Å². The minimum absolute atomic E-state index is 0.184. The number of aliphatic hydroxyl groups excluding tert-OH is 1. The van der Waals surface area contributed by atoms with E-state index in [1.54, 1.807) is 7.11 Å². The molecular formula is C20H32O4Si. The van der Waals surface area contributed by atoms with Gasteiger partial charge >= 0.3 is 0 Å². The van der Waals surface area contributed by atoms with Crippen LogP contribution in [-0.2, 0) is 15.8 Å². The highest BCUT2D eigenvalue weighted by atomic mass is 28.4. The van der Waals surface area contributed by atoms with Crippen molar-refractivity contribution in [1.29, 1.82) is 0 Å². The number of hydrogen-bond acceptors (Lipinski definition) is 4. The summed E-state index contributed by atoms with van der Waals surface area (Å²) < 4.78 is 16.6. The second-order valence-corrected chi connectivity index (χ2v) is 12.4. The maximum atomic E-state index is 9.92. The zero-order valence-corrected chi connectivity index (χ0v) is 17.4. The van der Waals surface area contributed by atoms with Crippen LogP contribution in [0.4, 0.5) is 0 Å². The molecule has 140 valence electrons. The maximum Gasteiger partial charge on any atom is 0.193 e. The molecule has 0 fully saturated rings. The molecule has 0 aliphatic carbocycles. The number of benzene rings is 1. The lowest BCUT2D eigenvalue weighted by Crippen LogP contribution is -2.40. The van der Waals surface area contributed by atoms with E-state index in [1.807, 2.05) is 24.3 Å². The molecular weight excluding hydrogens is 332 g/mol. The monoisotopic (exact) mass is 364 g/mol. The van der Waals surface area contributed by atoms with Gasteiger partial charge in [-0.05, 0) is 35.8 Å². The molecule has 0 spiro atoms. The highest BCUT2D eigenvalue weighted by Crippen LogP contribution is 2.36. The Labute approximate surface area is 153 Å². The lowest BCUT2D eigenvalue weighted by atomic mass is 10.2. The van der Waals surface area contributed by atoms with Gasteiger partial charge in [0.05, 0.1) is 33.0 Å². The first-order valence-corrected chi connectivity index (χ1v) is 11.5. The minimum atomic E-state index is -1.75. The summed E-state index contributed by atoms with van der Waals surface area (Å²) in [4.78, 5) is 0. The van der Waals surface area contributed by atoms with Crippen molar-refractivity contribution in [3.05, 3.63) is 29.8 Å². The predicted molar refractivity (Wildman–Crippen MR) is 104 cm³/mol. The largest absolute Gasteiger partial charge is 0.497 e. The molecule has 0 amide bonds. The first kappa shape index (κ1) is 21.7. The molecule has 25 heavy (non-hydrogen) atoms. The lowest BCUT2D eigenvalue weighted by molar-refractivity contribution is 0.0311. The van der Waals surface area contributed by atoms with Crippen molar-refractivity contribution in [3.8, 4) is 17.6 Å². The van der Waals surface area contributed by atoms with Crippen LogP contribution in [0, 0.1) is 11.8 Å². The Morgan fingerprint density at radius 3 is 2.32 bits per heavy atom. The third-order valence-electron chi connectivity index (χ3n) is 4.51. The first-order chi connectivity index (χ1) is 11.7. The number of ether oxygens (including phenoxy) is 2. The molecule has 1 aromatic rings. The van der Waals surface area contributed by atoms with Crippen molar-refractivity contribution < 1.29 is 19.0 Å². The minimum Gasteiger partial charge on any atom is -0.497 e. The van der Waals surface area contributed by atoms with Gasteiger partial charge in [0.25, 0.3) is 0 Å². The number of rotatable bonds is 8. The van der Waals surface area contributed by atoms with Crippen LogP contribution in [0.2, 0.25) is 18.1 Å². The molecule has 5 heteroatoms. The number of hydrogen-bond donors (Lipinski definition) is 1. The summed E-state index contributed by atoms with van der Waals surface area (Å²) in [6.45, 7) is 12.2. The van der Waals surface area contributed by atoms with E-state index < -0.39 is 14.4 Å². The van der Waals surface area contributed by atoms with E-state index in [4.69, 9.17) is 13.9 Å². The third-order valence-corrected chi connectivity index (χ3v) is 8.99. The van der Waals surface area contributed by atoms with Crippen LogP contribution in [0.15, 0.2) is 24.3 Å². The topological polar surface area (TPSA) is 47.9 Å². The molecule has 0 bridgehead atoms. The standard InChI is InChI=1S/C20H32O4Si/c1-20(2,3)25(5,6)24-14-8-7-9-18(21)16-23-15-17-10-12-19(22-4)13-11-17/h10-13,18,21H,9,14-16H2,1-6H3. The predicted octanol–water partition coefficient (Wildman–Crippen LogP) is 3.99. The molecule has 0 aromatic heterocycles. The van der Waals surface area contributed by atoms with Gasteiger partial charge in [0.15, 0.2) is 8.32 Å². The maximum absolute atomic E-state index is 9.92. The number of aliphatic hydroxyl groups is 1. The summed E-state index contributed by atoms with van der Waals surface area (Å²) in [5, 5.41) is 10.1. The normalized spacial score (nSPS) is 13.1. The fourth-order valence-corrected chi connectivity index (χ4v) is 2.63. The Kier molecular flexibility index (Phi) is 8.67. The van der Waals surface area contributed by atoms with Crippen molar-refractivity contribution in [1.82, 2.24) is 0 Å². The van der Waals surface area contributed by atoms with Crippen LogP contribution in [0.25, 0.3) is 0 Å². The second-order valence-electron chi connectivity index (χ2n) is 7.62. The van der Waals surface area contributed by atoms with Gasteiger partial charge in [0.1, 0.15) is 5.75 Å². The van der Waals surface area contributed by atoms with Crippen molar-refractivity contribution in [3.63, 3.8) is 0 Å². The van der Waals surface area contributed by atoms with Gasteiger partial charge in [0, 0.05) is 6.42 Å². The van der Waals surface area contributed by atoms with Crippen molar-refractivity contribution in [2.75, 3.05) is 20.3 Å². The Bertz CT molecular complexity index is 564. The van der Waals surface area contributed by atoms with Crippen molar-refractivity contribution in [2.45, 2.75) is 58.0 Å². The van der Waals surface area contributed by atoms with Crippen LogP contribution in [-0.4, -0.2) is 39.9 Å². The van der Waals surface area contributed by atoms with E-state index in [1.165, 1.54) is 0 Å². The van der Waals surface area contributed by atoms with Crippen LogP contribution in [0.3, 0.4) is 0 Å². The molecule has 1 rings (SSSR count). The van der Waals surface area contributed by atoms with Gasteiger partial charge in [-0.3, -0.25) is 0 Å². The third kappa shape index (κ3) is 8.06. The highest BCUT2D eigenvalue weighted by molar-refractivity contribution is 6.74.